The maximum atomic E-state index is 12.2. The standard InChI is InChI=1S/C21H19ClN6OS/c1-2-3-17-12-19(28-20(25-17)23-13-24-28)30-18-10-8-16(9-11-18)27-21(29)26-15-6-4-14(22)5-7-15/h4-13H,2-3H2,1H3,(H2,26,27,29). The summed E-state index contributed by atoms with van der Waals surface area (Å²) in [5.74, 6) is 0.598. The van der Waals surface area contributed by atoms with Gasteiger partial charge in [-0.25, -0.2) is 9.78 Å². The van der Waals surface area contributed by atoms with Gasteiger partial charge in [-0.05, 0) is 61.0 Å². The Balaban J connectivity index is 1.44. The molecule has 0 spiro atoms. The molecule has 0 saturated heterocycles. The number of rotatable bonds is 6. The number of nitrogens with one attached hydrogen (secondary N) is 2. The lowest BCUT2D eigenvalue weighted by Gasteiger charge is -2.09. The molecule has 0 aliphatic carbocycles. The summed E-state index contributed by atoms with van der Waals surface area (Å²) in [7, 11) is 0. The molecule has 2 aromatic heterocycles. The van der Waals surface area contributed by atoms with E-state index in [-0.39, 0.29) is 6.03 Å². The fourth-order valence-corrected chi connectivity index (χ4v) is 3.89. The number of fused-ring (bicyclic) bond motifs is 1. The van der Waals surface area contributed by atoms with Crippen molar-refractivity contribution < 1.29 is 4.79 Å². The average molecular weight is 439 g/mol. The minimum Gasteiger partial charge on any atom is -0.308 e. The van der Waals surface area contributed by atoms with Crippen molar-refractivity contribution in [1.82, 2.24) is 19.6 Å². The Bertz CT molecular complexity index is 1160. The van der Waals surface area contributed by atoms with Crippen molar-refractivity contribution in [2.24, 2.45) is 0 Å². The van der Waals surface area contributed by atoms with Crippen LogP contribution in [0.3, 0.4) is 0 Å². The number of aryl methyl sites for hydroxylation is 1. The SMILES string of the molecule is CCCc1cc(Sc2ccc(NC(=O)Nc3ccc(Cl)cc3)cc2)n2ncnc2n1. The summed E-state index contributed by atoms with van der Waals surface area (Å²) in [6.07, 6.45) is 3.41. The van der Waals surface area contributed by atoms with Gasteiger partial charge in [-0.3, -0.25) is 0 Å². The molecule has 0 fully saturated rings. The number of hydrogen-bond acceptors (Lipinski definition) is 5. The number of amides is 2. The maximum absolute atomic E-state index is 12.2. The molecule has 2 aromatic carbocycles. The summed E-state index contributed by atoms with van der Waals surface area (Å²) in [4.78, 5) is 21.9. The quantitative estimate of drug-likeness (QED) is 0.387. The Morgan fingerprint density at radius 1 is 1.07 bits per heavy atom. The van der Waals surface area contributed by atoms with Crippen LogP contribution in [0, 0.1) is 0 Å². The molecule has 0 unspecified atom stereocenters. The van der Waals surface area contributed by atoms with E-state index in [1.54, 1.807) is 40.5 Å². The molecule has 0 bridgehead atoms. The smallest absolute Gasteiger partial charge is 0.308 e. The van der Waals surface area contributed by atoms with Crippen molar-refractivity contribution in [2.45, 2.75) is 29.7 Å². The van der Waals surface area contributed by atoms with E-state index in [4.69, 9.17) is 11.6 Å². The topological polar surface area (TPSA) is 84.2 Å². The number of anilines is 2. The highest BCUT2D eigenvalue weighted by atomic mass is 35.5. The van der Waals surface area contributed by atoms with Gasteiger partial charge in [-0.2, -0.15) is 14.6 Å². The Kier molecular flexibility index (Phi) is 6.15. The van der Waals surface area contributed by atoms with Crippen LogP contribution in [0.15, 0.2) is 70.8 Å². The van der Waals surface area contributed by atoms with Crippen LogP contribution < -0.4 is 10.6 Å². The van der Waals surface area contributed by atoms with Crippen molar-refractivity contribution in [3.63, 3.8) is 0 Å². The van der Waals surface area contributed by atoms with Gasteiger partial charge in [0.1, 0.15) is 11.4 Å². The zero-order valence-electron chi connectivity index (χ0n) is 16.2. The number of nitrogens with zero attached hydrogens (tertiary/aromatic N) is 4. The molecule has 0 radical (unpaired) electrons. The summed E-state index contributed by atoms with van der Waals surface area (Å²) >= 11 is 7.43. The summed E-state index contributed by atoms with van der Waals surface area (Å²) in [6.45, 7) is 2.12. The first-order chi connectivity index (χ1) is 14.6. The van der Waals surface area contributed by atoms with E-state index in [9.17, 15) is 4.79 Å². The highest BCUT2D eigenvalue weighted by Crippen LogP contribution is 2.29. The van der Waals surface area contributed by atoms with E-state index in [1.807, 2.05) is 30.3 Å². The van der Waals surface area contributed by atoms with Gasteiger partial charge in [0, 0.05) is 27.0 Å². The Hall–Kier alpha value is -3.10. The summed E-state index contributed by atoms with van der Waals surface area (Å²) in [5, 5.41) is 11.4. The lowest BCUT2D eigenvalue weighted by atomic mass is 10.2. The number of halogens is 1. The van der Waals surface area contributed by atoms with Crippen molar-refractivity contribution >= 4 is 46.5 Å². The number of carbonyl (C=O) groups is 1. The van der Waals surface area contributed by atoms with Crippen molar-refractivity contribution in [3.05, 3.63) is 71.6 Å². The van der Waals surface area contributed by atoms with Crippen molar-refractivity contribution in [3.8, 4) is 0 Å². The molecular formula is C21H19ClN6OS. The molecule has 4 aromatic rings. The monoisotopic (exact) mass is 438 g/mol. The summed E-state index contributed by atoms with van der Waals surface area (Å²) < 4.78 is 1.73. The molecule has 0 aliphatic rings. The molecule has 2 N–H and O–H groups in total. The molecule has 9 heteroatoms. The highest BCUT2D eigenvalue weighted by Gasteiger charge is 2.10. The predicted molar refractivity (Wildman–Crippen MR) is 119 cm³/mol. The van der Waals surface area contributed by atoms with Gasteiger partial charge in [0.05, 0.1) is 0 Å². The van der Waals surface area contributed by atoms with Gasteiger partial charge in [-0.15, -0.1) is 0 Å². The third kappa shape index (κ3) is 4.90. The maximum Gasteiger partial charge on any atom is 0.323 e. The van der Waals surface area contributed by atoms with Crippen LogP contribution in [0.1, 0.15) is 19.0 Å². The number of benzene rings is 2. The third-order valence-electron chi connectivity index (χ3n) is 4.22. The van der Waals surface area contributed by atoms with Gasteiger partial charge < -0.3 is 10.6 Å². The number of urea groups is 1. The number of carbonyl (C=O) groups excluding carboxylic acids is 1. The second kappa shape index (κ2) is 9.15. The van der Waals surface area contributed by atoms with Gasteiger partial charge in [0.15, 0.2) is 0 Å². The summed E-state index contributed by atoms with van der Waals surface area (Å²) in [6, 6.07) is 16.3. The van der Waals surface area contributed by atoms with Crippen LogP contribution in [-0.2, 0) is 6.42 Å². The molecule has 2 amide bonds. The molecule has 0 atom stereocenters. The molecule has 152 valence electrons. The minimum absolute atomic E-state index is 0.319. The first-order valence-electron chi connectivity index (χ1n) is 9.42. The average Bonchev–Trinajstić information content (AvgIpc) is 3.20. The van der Waals surface area contributed by atoms with Crippen molar-refractivity contribution in [1.29, 1.82) is 0 Å². The van der Waals surface area contributed by atoms with Crippen LogP contribution in [0.2, 0.25) is 5.02 Å². The number of aromatic nitrogens is 4. The first kappa shape index (κ1) is 20.2. The van der Waals surface area contributed by atoms with Crippen LogP contribution in [-0.4, -0.2) is 25.6 Å². The fourth-order valence-electron chi connectivity index (χ4n) is 2.84. The van der Waals surface area contributed by atoms with E-state index >= 15 is 0 Å². The second-order valence-electron chi connectivity index (χ2n) is 6.52. The van der Waals surface area contributed by atoms with Crippen LogP contribution >= 0.6 is 23.4 Å². The second-order valence-corrected chi connectivity index (χ2v) is 8.05. The largest absolute Gasteiger partial charge is 0.323 e. The van der Waals surface area contributed by atoms with E-state index in [0.29, 0.717) is 22.2 Å². The first-order valence-corrected chi connectivity index (χ1v) is 10.6. The predicted octanol–water partition coefficient (Wildman–Crippen LogP) is 5.53. The molecule has 0 saturated carbocycles. The Labute approximate surface area is 182 Å². The minimum atomic E-state index is -0.319. The zero-order chi connectivity index (χ0) is 20.9. The van der Waals surface area contributed by atoms with Gasteiger partial charge in [0.2, 0.25) is 0 Å². The van der Waals surface area contributed by atoms with Crippen molar-refractivity contribution in [2.75, 3.05) is 10.6 Å². The lowest BCUT2D eigenvalue weighted by Crippen LogP contribution is -2.19. The van der Waals surface area contributed by atoms with Crippen LogP contribution in [0.4, 0.5) is 16.2 Å². The van der Waals surface area contributed by atoms with Crippen LogP contribution in [0.25, 0.3) is 5.78 Å². The highest BCUT2D eigenvalue weighted by molar-refractivity contribution is 7.99. The number of hydrogen-bond donors (Lipinski definition) is 2. The molecule has 2 heterocycles. The Morgan fingerprint density at radius 3 is 2.40 bits per heavy atom. The molecule has 7 nitrogen and oxygen atoms in total. The van der Waals surface area contributed by atoms with E-state index in [1.165, 1.54) is 6.33 Å². The fraction of sp³-hybridized carbons (Fsp3) is 0.143. The van der Waals surface area contributed by atoms with Gasteiger partial charge in [0.25, 0.3) is 5.78 Å². The third-order valence-corrected chi connectivity index (χ3v) is 5.47. The lowest BCUT2D eigenvalue weighted by molar-refractivity contribution is 0.262. The van der Waals surface area contributed by atoms with E-state index < -0.39 is 0 Å². The van der Waals surface area contributed by atoms with E-state index in [2.05, 4.69) is 32.6 Å². The summed E-state index contributed by atoms with van der Waals surface area (Å²) in [5.41, 5.74) is 2.36. The normalized spacial score (nSPS) is 10.9. The molecular weight excluding hydrogens is 420 g/mol. The molecule has 0 aliphatic heterocycles. The van der Waals surface area contributed by atoms with Gasteiger partial charge in [-0.1, -0.05) is 36.7 Å². The zero-order valence-corrected chi connectivity index (χ0v) is 17.7. The van der Waals surface area contributed by atoms with Gasteiger partial charge >= 0.3 is 6.03 Å². The molecule has 30 heavy (non-hydrogen) atoms. The van der Waals surface area contributed by atoms with Crippen LogP contribution in [0.5, 0.6) is 0 Å². The Morgan fingerprint density at radius 2 is 1.73 bits per heavy atom. The van der Waals surface area contributed by atoms with E-state index in [0.717, 1.165) is 28.5 Å². The molecule has 4 rings (SSSR count).